The predicted molar refractivity (Wildman–Crippen MR) is 92.9 cm³/mol. The van der Waals surface area contributed by atoms with Crippen molar-refractivity contribution in [3.05, 3.63) is 62.2 Å². The minimum Gasteiger partial charge on any atom is -0.482 e. The molecule has 0 saturated carbocycles. The average Bonchev–Trinajstić information content (AvgIpc) is 2.47. The van der Waals surface area contributed by atoms with Crippen LogP contribution in [0.2, 0.25) is 5.02 Å². The Morgan fingerprint density at radius 2 is 1.92 bits per heavy atom. The fraction of sp³-hybridized carbons (Fsp3) is 0.235. The summed E-state index contributed by atoms with van der Waals surface area (Å²) in [4.78, 5) is 22.6. The second-order valence-electron chi connectivity index (χ2n) is 5.51. The average molecular weight is 349 g/mol. The molecule has 24 heavy (non-hydrogen) atoms. The highest BCUT2D eigenvalue weighted by Crippen LogP contribution is 2.30. The molecule has 0 atom stereocenters. The van der Waals surface area contributed by atoms with E-state index >= 15 is 0 Å². The maximum atomic E-state index is 12.0. The SMILES string of the molecule is Cc1cc(C)c(OCC(=O)Nc2ccc(C)cc2[N+](=O)[O-])c(Cl)c1. The lowest BCUT2D eigenvalue weighted by Gasteiger charge is -2.12. The van der Waals surface area contributed by atoms with Crippen molar-refractivity contribution in [2.75, 3.05) is 11.9 Å². The van der Waals surface area contributed by atoms with Crippen LogP contribution in [0.5, 0.6) is 5.75 Å². The normalized spacial score (nSPS) is 10.3. The molecule has 0 aliphatic rings. The number of aryl methyl sites for hydroxylation is 3. The summed E-state index contributed by atoms with van der Waals surface area (Å²) < 4.78 is 5.47. The number of benzene rings is 2. The number of hydrogen-bond acceptors (Lipinski definition) is 4. The van der Waals surface area contributed by atoms with Crippen LogP contribution < -0.4 is 10.1 Å². The van der Waals surface area contributed by atoms with Gasteiger partial charge in [-0.3, -0.25) is 14.9 Å². The van der Waals surface area contributed by atoms with Crippen LogP contribution >= 0.6 is 11.6 Å². The number of nitro groups is 1. The lowest BCUT2D eigenvalue weighted by molar-refractivity contribution is -0.384. The van der Waals surface area contributed by atoms with Gasteiger partial charge in [-0.15, -0.1) is 0 Å². The van der Waals surface area contributed by atoms with Gasteiger partial charge < -0.3 is 10.1 Å². The molecule has 0 unspecified atom stereocenters. The Kier molecular flexibility index (Phi) is 5.41. The monoisotopic (exact) mass is 348 g/mol. The first-order valence-corrected chi connectivity index (χ1v) is 7.60. The van der Waals surface area contributed by atoms with Crippen LogP contribution in [0.1, 0.15) is 16.7 Å². The van der Waals surface area contributed by atoms with Gasteiger partial charge in [0.05, 0.1) is 9.95 Å². The summed E-state index contributed by atoms with van der Waals surface area (Å²) in [6.07, 6.45) is 0. The first kappa shape index (κ1) is 17.7. The lowest BCUT2D eigenvalue weighted by atomic mass is 10.1. The van der Waals surface area contributed by atoms with E-state index in [1.807, 2.05) is 19.9 Å². The first-order valence-electron chi connectivity index (χ1n) is 7.22. The van der Waals surface area contributed by atoms with Crippen LogP contribution in [-0.2, 0) is 4.79 Å². The number of hydrogen-bond donors (Lipinski definition) is 1. The molecule has 0 radical (unpaired) electrons. The van der Waals surface area contributed by atoms with E-state index < -0.39 is 10.8 Å². The number of ether oxygens (including phenoxy) is 1. The van der Waals surface area contributed by atoms with Crippen molar-refractivity contribution in [1.29, 1.82) is 0 Å². The summed E-state index contributed by atoms with van der Waals surface area (Å²) in [6.45, 7) is 5.18. The van der Waals surface area contributed by atoms with Crippen molar-refractivity contribution < 1.29 is 14.5 Å². The van der Waals surface area contributed by atoms with Crippen LogP contribution in [0.4, 0.5) is 11.4 Å². The molecule has 0 heterocycles. The number of carbonyl (C=O) groups is 1. The third-order valence-electron chi connectivity index (χ3n) is 3.35. The largest absolute Gasteiger partial charge is 0.482 e. The molecule has 0 aliphatic carbocycles. The van der Waals surface area contributed by atoms with Gasteiger partial charge in [0, 0.05) is 6.07 Å². The number of nitrogens with zero attached hydrogens (tertiary/aromatic N) is 1. The zero-order valence-corrected chi connectivity index (χ0v) is 14.3. The van der Waals surface area contributed by atoms with Gasteiger partial charge in [0.1, 0.15) is 11.4 Å². The van der Waals surface area contributed by atoms with Gasteiger partial charge >= 0.3 is 0 Å². The molecule has 0 bridgehead atoms. The molecule has 0 saturated heterocycles. The zero-order valence-electron chi connectivity index (χ0n) is 13.6. The first-order chi connectivity index (χ1) is 11.3. The van der Waals surface area contributed by atoms with E-state index in [-0.39, 0.29) is 18.0 Å². The Hall–Kier alpha value is -2.60. The molecule has 0 spiro atoms. The molecule has 126 valence electrons. The summed E-state index contributed by atoms with van der Waals surface area (Å²) in [5.74, 6) is -0.0752. The molecule has 1 amide bonds. The van der Waals surface area contributed by atoms with Crippen LogP contribution in [0.3, 0.4) is 0 Å². The summed E-state index contributed by atoms with van der Waals surface area (Å²) in [6, 6.07) is 8.22. The molecular formula is C17H17ClN2O4. The van der Waals surface area contributed by atoms with E-state index in [1.54, 1.807) is 19.1 Å². The number of anilines is 1. The topological polar surface area (TPSA) is 81.5 Å². The lowest BCUT2D eigenvalue weighted by Crippen LogP contribution is -2.21. The summed E-state index contributed by atoms with van der Waals surface area (Å²) in [5.41, 5.74) is 2.51. The molecule has 2 rings (SSSR count). The van der Waals surface area contributed by atoms with Crippen molar-refractivity contribution in [1.82, 2.24) is 0 Å². The van der Waals surface area contributed by atoms with E-state index in [9.17, 15) is 14.9 Å². The van der Waals surface area contributed by atoms with Crippen LogP contribution in [-0.4, -0.2) is 17.4 Å². The molecule has 7 heteroatoms. The molecule has 2 aromatic rings. The van der Waals surface area contributed by atoms with Gasteiger partial charge in [0.15, 0.2) is 6.61 Å². The van der Waals surface area contributed by atoms with Gasteiger partial charge in [0.2, 0.25) is 0 Å². The van der Waals surface area contributed by atoms with Crippen molar-refractivity contribution >= 4 is 28.9 Å². The predicted octanol–water partition coefficient (Wildman–Crippen LogP) is 4.19. The third kappa shape index (κ3) is 4.23. The highest BCUT2D eigenvalue weighted by Gasteiger charge is 2.17. The molecule has 2 aromatic carbocycles. The van der Waals surface area contributed by atoms with E-state index in [2.05, 4.69) is 5.32 Å². The van der Waals surface area contributed by atoms with Crippen LogP contribution in [0.25, 0.3) is 0 Å². The van der Waals surface area contributed by atoms with Crippen molar-refractivity contribution in [2.45, 2.75) is 20.8 Å². The minimum atomic E-state index is -0.537. The van der Waals surface area contributed by atoms with Gasteiger partial charge in [-0.1, -0.05) is 23.7 Å². The van der Waals surface area contributed by atoms with Crippen molar-refractivity contribution in [3.63, 3.8) is 0 Å². The number of nitrogens with one attached hydrogen (secondary N) is 1. The number of amides is 1. The Balaban J connectivity index is 2.09. The smallest absolute Gasteiger partial charge is 0.293 e. The highest BCUT2D eigenvalue weighted by atomic mass is 35.5. The van der Waals surface area contributed by atoms with Crippen molar-refractivity contribution in [3.8, 4) is 5.75 Å². The molecule has 6 nitrogen and oxygen atoms in total. The Bertz CT molecular complexity index is 782. The Labute approximate surface area is 144 Å². The van der Waals surface area contributed by atoms with Crippen LogP contribution in [0, 0.1) is 30.9 Å². The van der Waals surface area contributed by atoms with Crippen LogP contribution in [0.15, 0.2) is 30.3 Å². The zero-order chi connectivity index (χ0) is 17.9. The summed E-state index contributed by atoms with van der Waals surface area (Å²) >= 11 is 6.12. The second kappa shape index (κ2) is 7.31. The number of rotatable bonds is 5. The van der Waals surface area contributed by atoms with E-state index in [0.29, 0.717) is 10.8 Å². The Morgan fingerprint density at radius 1 is 1.21 bits per heavy atom. The molecule has 0 aliphatic heterocycles. The molecule has 0 fully saturated rings. The molecule has 1 N–H and O–H groups in total. The molecule has 0 aromatic heterocycles. The number of halogens is 1. The summed E-state index contributed by atoms with van der Waals surface area (Å²) in [7, 11) is 0. The fourth-order valence-electron chi connectivity index (χ4n) is 2.31. The quantitative estimate of drug-likeness (QED) is 0.648. The standard InChI is InChI=1S/C17H17ClN2O4/c1-10-4-5-14(15(8-10)20(22)23)19-16(21)9-24-17-12(3)6-11(2)7-13(17)18/h4-8H,9H2,1-3H3,(H,19,21). The fourth-order valence-corrected chi connectivity index (χ4v) is 2.68. The maximum Gasteiger partial charge on any atom is 0.293 e. The van der Waals surface area contributed by atoms with Gasteiger partial charge in [0.25, 0.3) is 11.6 Å². The molecular weight excluding hydrogens is 332 g/mol. The minimum absolute atomic E-state index is 0.130. The van der Waals surface area contributed by atoms with Crippen molar-refractivity contribution in [2.24, 2.45) is 0 Å². The Morgan fingerprint density at radius 3 is 2.54 bits per heavy atom. The maximum absolute atomic E-state index is 12.0. The van der Waals surface area contributed by atoms with E-state index in [4.69, 9.17) is 16.3 Å². The second-order valence-corrected chi connectivity index (χ2v) is 5.91. The number of nitro benzene ring substituents is 1. The highest BCUT2D eigenvalue weighted by molar-refractivity contribution is 6.32. The van der Waals surface area contributed by atoms with Gasteiger partial charge in [-0.25, -0.2) is 0 Å². The van der Waals surface area contributed by atoms with Gasteiger partial charge in [-0.2, -0.15) is 0 Å². The number of carbonyl (C=O) groups excluding carboxylic acids is 1. The summed E-state index contributed by atoms with van der Waals surface area (Å²) in [5, 5.41) is 14.0. The van der Waals surface area contributed by atoms with E-state index in [1.165, 1.54) is 12.1 Å². The van der Waals surface area contributed by atoms with E-state index in [0.717, 1.165) is 16.7 Å². The third-order valence-corrected chi connectivity index (χ3v) is 3.63. The van der Waals surface area contributed by atoms with Gasteiger partial charge in [-0.05, 0) is 49.6 Å².